The molecular formula is C17H30N4. The minimum absolute atomic E-state index is 0.539. The number of likely N-dealkylation sites (tertiary alicyclic amines) is 1. The molecule has 1 aromatic rings. The third kappa shape index (κ3) is 3.88. The van der Waals surface area contributed by atoms with Gasteiger partial charge in [0.05, 0.1) is 11.9 Å². The van der Waals surface area contributed by atoms with Crippen LogP contribution in [0.2, 0.25) is 0 Å². The standard InChI is InChI=1S/C17H30N4/c1-6-21(7-2)17-9-8-15(11-18-17)19-16-10-14(4)20(5)12-13(16)3/h8-9,11,13-14,16,19H,6-7,10,12H2,1-5H3. The van der Waals surface area contributed by atoms with Crippen molar-refractivity contribution in [3.8, 4) is 0 Å². The van der Waals surface area contributed by atoms with E-state index in [2.05, 4.69) is 67.0 Å². The van der Waals surface area contributed by atoms with Gasteiger partial charge in [0, 0.05) is 31.7 Å². The molecule has 1 fully saturated rings. The molecule has 4 nitrogen and oxygen atoms in total. The Morgan fingerprint density at radius 2 is 2.00 bits per heavy atom. The molecule has 4 heteroatoms. The maximum absolute atomic E-state index is 4.60. The van der Waals surface area contributed by atoms with Crippen LogP contribution in [-0.2, 0) is 0 Å². The van der Waals surface area contributed by atoms with E-state index in [-0.39, 0.29) is 0 Å². The third-order valence-corrected chi connectivity index (χ3v) is 4.80. The Labute approximate surface area is 129 Å². The number of anilines is 2. The van der Waals surface area contributed by atoms with Crippen molar-refractivity contribution in [2.45, 2.75) is 46.2 Å². The van der Waals surface area contributed by atoms with Crippen LogP contribution in [0, 0.1) is 5.92 Å². The summed E-state index contributed by atoms with van der Waals surface area (Å²) in [6.07, 6.45) is 3.17. The quantitative estimate of drug-likeness (QED) is 0.903. The summed E-state index contributed by atoms with van der Waals surface area (Å²) in [5, 5.41) is 3.68. The van der Waals surface area contributed by atoms with Crippen molar-refractivity contribution < 1.29 is 0 Å². The van der Waals surface area contributed by atoms with Crippen molar-refractivity contribution in [1.29, 1.82) is 0 Å². The second kappa shape index (κ2) is 7.12. The Bertz CT molecular complexity index is 427. The summed E-state index contributed by atoms with van der Waals surface area (Å²) in [6.45, 7) is 12.1. The summed E-state index contributed by atoms with van der Waals surface area (Å²) in [7, 11) is 2.22. The average molecular weight is 290 g/mol. The fourth-order valence-corrected chi connectivity index (χ4v) is 3.16. The summed E-state index contributed by atoms with van der Waals surface area (Å²) in [5.41, 5.74) is 1.14. The summed E-state index contributed by atoms with van der Waals surface area (Å²) in [4.78, 5) is 9.32. The smallest absolute Gasteiger partial charge is 0.128 e. The normalized spacial score (nSPS) is 26.6. The van der Waals surface area contributed by atoms with E-state index in [1.54, 1.807) is 0 Å². The molecule has 2 rings (SSSR count). The second-order valence-electron chi connectivity index (χ2n) is 6.33. The van der Waals surface area contributed by atoms with Gasteiger partial charge in [0.25, 0.3) is 0 Å². The number of rotatable bonds is 5. The van der Waals surface area contributed by atoms with Gasteiger partial charge in [-0.25, -0.2) is 4.98 Å². The highest BCUT2D eigenvalue weighted by molar-refractivity contribution is 5.49. The number of aromatic nitrogens is 1. The first-order valence-corrected chi connectivity index (χ1v) is 8.22. The van der Waals surface area contributed by atoms with E-state index in [0.717, 1.165) is 31.1 Å². The molecule has 3 atom stereocenters. The van der Waals surface area contributed by atoms with Gasteiger partial charge in [0.15, 0.2) is 0 Å². The van der Waals surface area contributed by atoms with E-state index in [1.165, 1.54) is 6.42 Å². The monoisotopic (exact) mass is 290 g/mol. The molecule has 0 spiro atoms. The molecule has 2 heterocycles. The third-order valence-electron chi connectivity index (χ3n) is 4.80. The Morgan fingerprint density at radius 1 is 1.29 bits per heavy atom. The molecule has 1 N–H and O–H groups in total. The van der Waals surface area contributed by atoms with Gasteiger partial charge in [-0.15, -0.1) is 0 Å². The van der Waals surface area contributed by atoms with Crippen LogP contribution in [0.4, 0.5) is 11.5 Å². The molecule has 3 unspecified atom stereocenters. The van der Waals surface area contributed by atoms with Gasteiger partial charge < -0.3 is 15.1 Å². The van der Waals surface area contributed by atoms with Crippen LogP contribution in [0.5, 0.6) is 0 Å². The molecule has 0 aliphatic carbocycles. The van der Waals surface area contributed by atoms with Crippen LogP contribution < -0.4 is 10.2 Å². The Balaban J connectivity index is 2.00. The maximum Gasteiger partial charge on any atom is 0.128 e. The second-order valence-corrected chi connectivity index (χ2v) is 6.33. The lowest BCUT2D eigenvalue weighted by Crippen LogP contribution is -2.48. The van der Waals surface area contributed by atoms with Crippen LogP contribution in [0.1, 0.15) is 34.1 Å². The van der Waals surface area contributed by atoms with Gasteiger partial charge in [0.1, 0.15) is 5.82 Å². The molecule has 0 aromatic carbocycles. The van der Waals surface area contributed by atoms with Gasteiger partial charge >= 0.3 is 0 Å². The fraction of sp³-hybridized carbons (Fsp3) is 0.706. The van der Waals surface area contributed by atoms with Crippen molar-refractivity contribution >= 4 is 11.5 Å². The van der Waals surface area contributed by atoms with Gasteiger partial charge in [-0.3, -0.25) is 0 Å². The van der Waals surface area contributed by atoms with Crippen molar-refractivity contribution in [1.82, 2.24) is 9.88 Å². The molecule has 118 valence electrons. The minimum atomic E-state index is 0.539. The molecule has 0 radical (unpaired) electrons. The number of hydrogen-bond donors (Lipinski definition) is 1. The molecule has 21 heavy (non-hydrogen) atoms. The summed E-state index contributed by atoms with van der Waals surface area (Å²) in [6, 6.07) is 5.47. The maximum atomic E-state index is 4.60. The van der Waals surface area contributed by atoms with Crippen LogP contribution in [0.3, 0.4) is 0 Å². The van der Waals surface area contributed by atoms with Crippen molar-refractivity contribution in [3.63, 3.8) is 0 Å². The first-order valence-electron chi connectivity index (χ1n) is 8.22. The van der Waals surface area contributed by atoms with Gasteiger partial charge in [-0.1, -0.05) is 6.92 Å². The number of piperidine rings is 1. The molecular weight excluding hydrogens is 260 g/mol. The Kier molecular flexibility index (Phi) is 5.45. The molecule has 1 aliphatic rings. The van der Waals surface area contributed by atoms with Gasteiger partial charge in [-0.05, 0) is 52.3 Å². The lowest BCUT2D eigenvalue weighted by Gasteiger charge is -2.40. The molecule has 0 saturated carbocycles. The largest absolute Gasteiger partial charge is 0.381 e. The highest BCUT2D eigenvalue weighted by Crippen LogP contribution is 2.24. The highest BCUT2D eigenvalue weighted by atomic mass is 15.2. The van der Waals surface area contributed by atoms with Crippen LogP contribution in [0.25, 0.3) is 0 Å². The van der Waals surface area contributed by atoms with Crippen molar-refractivity contribution in [2.75, 3.05) is 36.9 Å². The highest BCUT2D eigenvalue weighted by Gasteiger charge is 2.28. The Morgan fingerprint density at radius 3 is 2.57 bits per heavy atom. The molecule has 1 aromatic heterocycles. The molecule has 1 aliphatic heterocycles. The van der Waals surface area contributed by atoms with E-state index in [0.29, 0.717) is 18.0 Å². The van der Waals surface area contributed by atoms with Gasteiger partial charge in [0.2, 0.25) is 0 Å². The molecule has 0 amide bonds. The SMILES string of the molecule is CCN(CC)c1ccc(NC2CC(C)N(C)CC2C)cn1. The van der Waals surface area contributed by atoms with Crippen molar-refractivity contribution in [3.05, 3.63) is 18.3 Å². The zero-order valence-corrected chi connectivity index (χ0v) is 14.1. The summed E-state index contributed by atoms with van der Waals surface area (Å²) in [5.74, 6) is 1.73. The number of nitrogens with one attached hydrogen (secondary N) is 1. The van der Waals surface area contributed by atoms with Gasteiger partial charge in [-0.2, -0.15) is 0 Å². The van der Waals surface area contributed by atoms with Crippen LogP contribution >= 0.6 is 0 Å². The fourth-order valence-electron chi connectivity index (χ4n) is 3.16. The van der Waals surface area contributed by atoms with E-state index >= 15 is 0 Å². The predicted octanol–water partition coefficient (Wildman–Crippen LogP) is 3.07. The number of nitrogens with zero attached hydrogens (tertiary/aromatic N) is 3. The van der Waals surface area contributed by atoms with Crippen LogP contribution in [-0.4, -0.2) is 48.6 Å². The van der Waals surface area contributed by atoms with E-state index < -0.39 is 0 Å². The zero-order valence-electron chi connectivity index (χ0n) is 14.1. The molecule has 0 bridgehead atoms. The van der Waals surface area contributed by atoms with E-state index in [9.17, 15) is 0 Å². The topological polar surface area (TPSA) is 31.4 Å². The van der Waals surface area contributed by atoms with E-state index in [4.69, 9.17) is 0 Å². The Hall–Kier alpha value is -1.29. The van der Waals surface area contributed by atoms with Crippen LogP contribution in [0.15, 0.2) is 18.3 Å². The first-order chi connectivity index (χ1) is 10.0. The minimum Gasteiger partial charge on any atom is -0.381 e. The summed E-state index contributed by atoms with van der Waals surface area (Å²) < 4.78 is 0. The number of hydrogen-bond acceptors (Lipinski definition) is 4. The lowest BCUT2D eigenvalue weighted by atomic mass is 9.90. The number of pyridine rings is 1. The summed E-state index contributed by atoms with van der Waals surface area (Å²) >= 11 is 0. The predicted molar refractivity (Wildman–Crippen MR) is 91.1 cm³/mol. The van der Waals surface area contributed by atoms with E-state index in [1.807, 2.05) is 6.20 Å². The average Bonchev–Trinajstić information content (AvgIpc) is 2.48. The zero-order chi connectivity index (χ0) is 15.4. The van der Waals surface area contributed by atoms with Crippen molar-refractivity contribution in [2.24, 2.45) is 5.92 Å². The lowest BCUT2D eigenvalue weighted by molar-refractivity contribution is 0.145. The molecule has 1 saturated heterocycles. The first kappa shape index (κ1) is 16.1.